The van der Waals surface area contributed by atoms with E-state index in [1.165, 1.54) is 24.0 Å². The summed E-state index contributed by atoms with van der Waals surface area (Å²) in [6, 6.07) is 15.4. The zero-order valence-electron chi connectivity index (χ0n) is 19.4. The van der Waals surface area contributed by atoms with Gasteiger partial charge in [-0.15, -0.1) is 0 Å². The minimum Gasteiger partial charge on any atom is -0.492 e. The Morgan fingerprint density at radius 1 is 1.03 bits per heavy atom. The maximum Gasteiger partial charge on any atom is 0.193 e. The van der Waals surface area contributed by atoms with E-state index >= 15 is 0 Å². The summed E-state index contributed by atoms with van der Waals surface area (Å²) in [6.45, 7) is 9.35. The second-order valence-electron chi connectivity index (χ2n) is 8.83. The second-order valence-corrected chi connectivity index (χ2v) is 9.75. The normalized spacial score (nSPS) is 16.8. The molecule has 0 N–H and O–H groups in total. The molecule has 4 heteroatoms. The summed E-state index contributed by atoms with van der Waals surface area (Å²) in [5.41, 5.74) is 4.21. The van der Waals surface area contributed by atoms with E-state index in [1.54, 1.807) is 0 Å². The lowest BCUT2D eigenvalue weighted by Crippen LogP contribution is -2.34. The van der Waals surface area contributed by atoms with Gasteiger partial charge in [0.05, 0.1) is 0 Å². The highest BCUT2D eigenvalue weighted by Crippen LogP contribution is 2.21. The summed E-state index contributed by atoms with van der Waals surface area (Å²) in [5.74, 6) is 0.843. The Kier molecular flexibility index (Phi) is 9.31. The van der Waals surface area contributed by atoms with Crippen molar-refractivity contribution >= 4 is 21.7 Å². The van der Waals surface area contributed by atoms with E-state index in [0.29, 0.717) is 23.8 Å². The molecule has 0 spiro atoms. The van der Waals surface area contributed by atoms with Gasteiger partial charge in [0.15, 0.2) is 5.78 Å². The van der Waals surface area contributed by atoms with Crippen molar-refractivity contribution in [1.29, 1.82) is 0 Å². The van der Waals surface area contributed by atoms with E-state index in [-0.39, 0.29) is 5.78 Å². The number of ether oxygens (including phenoxy) is 1. The topological polar surface area (TPSA) is 29.5 Å². The Morgan fingerprint density at radius 3 is 2.34 bits per heavy atom. The van der Waals surface area contributed by atoms with Gasteiger partial charge < -0.3 is 4.74 Å². The van der Waals surface area contributed by atoms with Crippen LogP contribution in [-0.2, 0) is 0 Å². The number of ketones is 1. The number of halogens is 1. The number of carbonyl (C=O) groups is 1. The molecule has 2 aromatic rings. The first-order valence-electron chi connectivity index (χ1n) is 11.5. The average Bonchev–Trinajstić information content (AvgIpc) is 3.24. The number of hydrogen-bond donors (Lipinski definition) is 0. The highest BCUT2D eigenvalue weighted by molar-refractivity contribution is 9.10. The summed E-state index contributed by atoms with van der Waals surface area (Å²) in [4.78, 5) is 15.2. The zero-order chi connectivity index (χ0) is 22.9. The number of allylic oxidation sites excluding steroid dienone is 3. The SMILES string of the molecule is CC(C)=CCC/C(C)=C/CN1CCCC1COc1ccc(C(=O)c2ccc(Br)cc2)cc1. The van der Waals surface area contributed by atoms with Crippen molar-refractivity contribution in [3.8, 4) is 5.75 Å². The summed E-state index contributed by atoms with van der Waals surface area (Å²) in [6.07, 6.45) is 9.33. The Bertz CT molecular complexity index is 940. The third-order valence-electron chi connectivity index (χ3n) is 5.93. The molecule has 1 unspecified atom stereocenters. The standard InChI is InChI=1S/C28H34BrNO2/c1-21(2)6-4-7-22(3)17-19-30-18-5-8-26(30)20-32-27-15-11-24(12-16-27)28(31)23-9-13-25(29)14-10-23/h6,9-17,26H,4-5,7-8,18-20H2,1-3H3/b22-17+. The van der Waals surface area contributed by atoms with E-state index in [1.807, 2.05) is 48.5 Å². The largest absolute Gasteiger partial charge is 0.492 e. The van der Waals surface area contributed by atoms with Gasteiger partial charge in [0.1, 0.15) is 12.4 Å². The lowest BCUT2D eigenvalue weighted by atomic mass is 10.0. The van der Waals surface area contributed by atoms with Crippen LogP contribution in [0.3, 0.4) is 0 Å². The van der Waals surface area contributed by atoms with Crippen LogP contribution in [0.25, 0.3) is 0 Å². The van der Waals surface area contributed by atoms with Crippen molar-refractivity contribution in [3.63, 3.8) is 0 Å². The van der Waals surface area contributed by atoms with Crippen molar-refractivity contribution < 1.29 is 9.53 Å². The van der Waals surface area contributed by atoms with Gasteiger partial charge in [-0.05, 0) is 102 Å². The van der Waals surface area contributed by atoms with Gasteiger partial charge in [-0.25, -0.2) is 0 Å². The summed E-state index contributed by atoms with van der Waals surface area (Å²) in [5, 5.41) is 0. The van der Waals surface area contributed by atoms with E-state index in [2.05, 4.69) is 53.8 Å². The molecule has 0 amide bonds. The highest BCUT2D eigenvalue weighted by Gasteiger charge is 2.24. The van der Waals surface area contributed by atoms with Crippen molar-refractivity contribution in [2.24, 2.45) is 0 Å². The number of rotatable bonds is 10. The Morgan fingerprint density at radius 2 is 1.69 bits per heavy atom. The van der Waals surface area contributed by atoms with Crippen molar-refractivity contribution in [2.45, 2.75) is 52.5 Å². The minimum atomic E-state index is 0.0257. The van der Waals surface area contributed by atoms with Gasteiger partial charge in [-0.2, -0.15) is 0 Å². The van der Waals surface area contributed by atoms with Gasteiger partial charge in [0.25, 0.3) is 0 Å². The van der Waals surface area contributed by atoms with Crippen LogP contribution >= 0.6 is 15.9 Å². The van der Waals surface area contributed by atoms with Gasteiger partial charge in [-0.3, -0.25) is 9.69 Å². The molecule has 1 atom stereocenters. The smallest absolute Gasteiger partial charge is 0.193 e. The van der Waals surface area contributed by atoms with Crippen LogP contribution in [0.1, 0.15) is 62.4 Å². The minimum absolute atomic E-state index is 0.0257. The molecule has 1 saturated heterocycles. The second kappa shape index (κ2) is 12.2. The van der Waals surface area contributed by atoms with Crippen molar-refractivity contribution in [2.75, 3.05) is 19.7 Å². The molecule has 0 bridgehead atoms. The molecule has 1 heterocycles. The zero-order valence-corrected chi connectivity index (χ0v) is 21.0. The quantitative estimate of drug-likeness (QED) is 0.257. The monoisotopic (exact) mass is 495 g/mol. The number of likely N-dealkylation sites (tertiary alicyclic amines) is 1. The van der Waals surface area contributed by atoms with Gasteiger partial charge in [-0.1, -0.05) is 39.2 Å². The van der Waals surface area contributed by atoms with E-state index in [9.17, 15) is 4.79 Å². The molecule has 32 heavy (non-hydrogen) atoms. The van der Waals surface area contributed by atoms with Crippen LogP contribution in [0, 0.1) is 0 Å². The summed E-state index contributed by atoms with van der Waals surface area (Å²) in [7, 11) is 0. The number of carbonyl (C=O) groups excluding carboxylic acids is 1. The van der Waals surface area contributed by atoms with Crippen LogP contribution in [0.2, 0.25) is 0 Å². The molecule has 1 fully saturated rings. The molecule has 0 aliphatic carbocycles. The fourth-order valence-electron chi connectivity index (χ4n) is 3.95. The van der Waals surface area contributed by atoms with E-state index in [4.69, 9.17) is 4.74 Å². The van der Waals surface area contributed by atoms with Crippen LogP contribution in [0.4, 0.5) is 0 Å². The van der Waals surface area contributed by atoms with E-state index in [0.717, 1.165) is 36.2 Å². The molecule has 0 saturated carbocycles. The molecule has 0 radical (unpaired) electrons. The van der Waals surface area contributed by atoms with Crippen LogP contribution in [0.5, 0.6) is 5.75 Å². The highest BCUT2D eigenvalue weighted by atomic mass is 79.9. The molecule has 1 aliphatic heterocycles. The third kappa shape index (κ3) is 7.46. The molecule has 3 nitrogen and oxygen atoms in total. The molecule has 170 valence electrons. The maximum absolute atomic E-state index is 12.6. The first-order chi connectivity index (χ1) is 15.4. The summed E-state index contributed by atoms with van der Waals surface area (Å²) >= 11 is 3.40. The van der Waals surface area contributed by atoms with Gasteiger partial charge in [0, 0.05) is 28.2 Å². The van der Waals surface area contributed by atoms with E-state index < -0.39 is 0 Å². The maximum atomic E-state index is 12.6. The fourth-order valence-corrected chi connectivity index (χ4v) is 4.22. The average molecular weight is 496 g/mol. The molecule has 2 aromatic carbocycles. The number of benzene rings is 2. The number of nitrogens with zero attached hydrogens (tertiary/aromatic N) is 1. The number of hydrogen-bond acceptors (Lipinski definition) is 3. The lowest BCUT2D eigenvalue weighted by Gasteiger charge is -2.23. The lowest BCUT2D eigenvalue weighted by molar-refractivity contribution is 0.103. The first kappa shape index (κ1) is 24.5. The van der Waals surface area contributed by atoms with Crippen molar-refractivity contribution in [1.82, 2.24) is 4.90 Å². The fraction of sp³-hybridized carbons (Fsp3) is 0.393. The van der Waals surface area contributed by atoms with Gasteiger partial charge >= 0.3 is 0 Å². The Hall–Kier alpha value is -2.17. The molecular weight excluding hydrogens is 462 g/mol. The van der Waals surface area contributed by atoms with Crippen LogP contribution in [-0.4, -0.2) is 36.4 Å². The Balaban J connectivity index is 1.49. The van der Waals surface area contributed by atoms with Gasteiger partial charge in [0.2, 0.25) is 0 Å². The third-order valence-corrected chi connectivity index (χ3v) is 6.46. The molecule has 1 aliphatic rings. The first-order valence-corrected chi connectivity index (χ1v) is 12.3. The van der Waals surface area contributed by atoms with Crippen molar-refractivity contribution in [3.05, 3.63) is 87.4 Å². The predicted molar refractivity (Wildman–Crippen MR) is 137 cm³/mol. The molecule has 0 aromatic heterocycles. The van der Waals surface area contributed by atoms with Crippen LogP contribution in [0.15, 0.2) is 76.3 Å². The molecular formula is C28H34BrNO2. The van der Waals surface area contributed by atoms with Crippen LogP contribution < -0.4 is 4.74 Å². The molecule has 3 rings (SSSR count). The Labute approximate surface area is 201 Å². The predicted octanol–water partition coefficient (Wildman–Crippen LogP) is 7.22. The summed E-state index contributed by atoms with van der Waals surface area (Å²) < 4.78 is 7.05.